The Balaban J connectivity index is 1.27. The summed E-state index contributed by atoms with van der Waals surface area (Å²) in [6.07, 6.45) is 6.49. The van der Waals surface area contributed by atoms with Crippen LogP contribution in [0.2, 0.25) is 0 Å². The molecule has 4 rings (SSSR count). The molecule has 1 aromatic carbocycles. The predicted molar refractivity (Wildman–Crippen MR) is 129 cm³/mol. The van der Waals surface area contributed by atoms with Crippen LogP contribution in [0.3, 0.4) is 0 Å². The fourth-order valence-corrected chi connectivity index (χ4v) is 4.19. The van der Waals surface area contributed by atoms with E-state index in [1.165, 1.54) is 16.7 Å². The lowest BCUT2D eigenvalue weighted by molar-refractivity contribution is 0.312. The van der Waals surface area contributed by atoms with Crippen LogP contribution in [0, 0.1) is 0 Å². The Hall–Kier alpha value is -2.86. The lowest BCUT2D eigenvalue weighted by Gasteiger charge is -2.33. The topological polar surface area (TPSA) is 47.0 Å². The molecule has 0 atom stereocenters. The molecule has 164 valence electrons. The van der Waals surface area contributed by atoms with E-state index in [0.717, 1.165) is 70.4 Å². The van der Waals surface area contributed by atoms with Crippen LogP contribution in [0.25, 0.3) is 6.08 Å². The van der Waals surface area contributed by atoms with Gasteiger partial charge in [0.1, 0.15) is 5.82 Å². The van der Waals surface area contributed by atoms with E-state index >= 15 is 0 Å². The molecule has 0 aliphatic carbocycles. The number of likely N-dealkylation sites (N-methyl/N-ethyl adjacent to an activating group) is 1. The minimum absolute atomic E-state index is 0.742. The van der Waals surface area contributed by atoms with Crippen molar-refractivity contribution in [1.29, 1.82) is 0 Å². The van der Waals surface area contributed by atoms with Gasteiger partial charge in [0.2, 0.25) is 0 Å². The first kappa shape index (κ1) is 21.4. The minimum atomic E-state index is 0.742. The normalized spacial score (nSPS) is 18.3. The Morgan fingerprint density at radius 2 is 1.74 bits per heavy atom. The molecule has 6 heteroatoms. The standard InChI is InChI=1S/C25H34N6/c1-26-25(31-12-10-22(11-13-31)18-21-6-4-3-5-7-21)28-20-23-8-9-24(27-19-23)30-16-14-29(2)15-17-30/h3-9,18-19H,10-17,20H2,1-2H3,(H,26,28). The lowest BCUT2D eigenvalue weighted by atomic mass is 10.0. The summed E-state index contributed by atoms with van der Waals surface area (Å²) in [4.78, 5) is 16.3. The maximum atomic E-state index is 4.70. The van der Waals surface area contributed by atoms with Crippen LogP contribution in [-0.2, 0) is 6.54 Å². The first-order chi connectivity index (χ1) is 15.2. The van der Waals surface area contributed by atoms with Gasteiger partial charge >= 0.3 is 0 Å². The fraction of sp³-hybridized carbons (Fsp3) is 0.440. The molecule has 0 amide bonds. The van der Waals surface area contributed by atoms with Crippen LogP contribution < -0.4 is 10.2 Å². The van der Waals surface area contributed by atoms with Crippen molar-refractivity contribution in [2.75, 3.05) is 58.3 Å². The van der Waals surface area contributed by atoms with Gasteiger partial charge in [-0.15, -0.1) is 0 Å². The maximum Gasteiger partial charge on any atom is 0.193 e. The zero-order valence-electron chi connectivity index (χ0n) is 18.8. The van der Waals surface area contributed by atoms with Gasteiger partial charge in [-0.25, -0.2) is 4.98 Å². The van der Waals surface area contributed by atoms with Gasteiger partial charge in [-0.3, -0.25) is 4.99 Å². The number of benzene rings is 1. The Labute approximate surface area is 186 Å². The molecule has 2 aliphatic heterocycles. The summed E-state index contributed by atoms with van der Waals surface area (Å²) in [7, 11) is 4.04. The first-order valence-corrected chi connectivity index (χ1v) is 11.3. The number of piperazine rings is 1. The quantitative estimate of drug-likeness (QED) is 0.611. The second-order valence-corrected chi connectivity index (χ2v) is 8.42. The van der Waals surface area contributed by atoms with E-state index < -0.39 is 0 Å². The number of rotatable bonds is 4. The molecule has 0 unspecified atom stereocenters. The number of aliphatic imine (C=N–C) groups is 1. The van der Waals surface area contributed by atoms with Crippen molar-refractivity contribution in [1.82, 2.24) is 20.1 Å². The summed E-state index contributed by atoms with van der Waals surface area (Å²) < 4.78 is 0. The monoisotopic (exact) mass is 418 g/mol. The van der Waals surface area contributed by atoms with Crippen molar-refractivity contribution in [2.24, 2.45) is 4.99 Å². The molecule has 3 heterocycles. The van der Waals surface area contributed by atoms with Gasteiger partial charge in [-0.2, -0.15) is 0 Å². The molecular formula is C25H34N6. The van der Waals surface area contributed by atoms with Gasteiger partial charge in [-0.05, 0) is 37.1 Å². The maximum absolute atomic E-state index is 4.70. The van der Waals surface area contributed by atoms with Gasteiger partial charge in [0.05, 0.1) is 0 Å². The molecule has 2 saturated heterocycles. The second kappa shape index (κ2) is 10.4. The van der Waals surface area contributed by atoms with Crippen LogP contribution in [0.4, 0.5) is 5.82 Å². The van der Waals surface area contributed by atoms with Crippen molar-refractivity contribution >= 4 is 17.9 Å². The molecule has 2 aliphatic rings. The Morgan fingerprint density at radius 3 is 2.39 bits per heavy atom. The van der Waals surface area contributed by atoms with E-state index in [1.54, 1.807) is 0 Å². The van der Waals surface area contributed by atoms with Gasteiger partial charge in [0.25, 0.3) is 0 Å². The SMILES string of the molecule is CN=C(NCc1ccc(N2CCN(C)CC2)nc1)N1CCC(=Cc2ccccc2)CC1. The number of piperidine rings is 1. The highest BCUT2D eigenvalue weighted by Crippen LogP contribution is 2.20. The highest BCUT2D eigenvalue weighted by Gasteiger charge is 2.18. The van der Waals surface area contributed by atoms with Gasteiger partial charge in [-0.1, -0.05) is 48.0 Å². The summed E-state index contributed by atoms with van der Waals surface area (Å²) in [6, 6.07) is 14.9. The van der Waals surface area contributed by atoms with Crippen molar-refractivity contribution in [3.8, 4) is 0 Å². The van der Waals surface area contributed by atoms with Gasteiger partial charge < -0.3 is 20.0 Å². The highest BCUT2D eigenvalue weighted by atomic mass is 15.3. The summed E-state index contributed by atoms with van der Waals surface area (Å²) >= 11 is 0. The van der Waals surface area contributed by atoms with E-state index in [4.69, 9.17) is 4.98 Å². The van der Waals surface area contributed by atoms with Crippen molar-refractivity contribution in [3.63, 3.8) is 0 Å². The Kier molecular flexibility index (Phi) is 7.20. The summed E-state index contributed by atoms with van der Waals surface area (Å²) in [5.74, 6) is 2.05. The average Bonchev–Trinajstić information content (AvgIpc) is 2.82. The molecule has 31 heavy (non-hydrogen) atoms. The number of guanidine groups is 1. The van der Waals surface area contributed by atoms with E-state index in [2.05, 4.69) is 80.6 Å². The van der Waals surface area contributed by atoms with Gasteiger partial charge in [0, 0.05) is 59.1 Å². The largest absolute Gasteiger partial charge is 0.354 e. The van der Waals surface area contributed by atoms with Crippen molar-refractivity contribution in [2.45, 2.75) is 19.4 Å². The zero-order valence-corrected chi connectivity index (χ0v) is 18.8. The number of nitrogens with one attached hydrogen (secondary N) is 1. The predicted octanol–water partition coefficient (Wildman–Crippen LogP) is 3.09. The number of likely N-dealkylation sites (tertiary alicyclic amines) is 1. The van der Waals surface area contributed by atoms with Crippen LogP contribution in [0.1, 0.15) is 24.0 Å². The fourth-order valence-electron chi connectivity index (χ4n) is 4.19. The molecule has 1 N–H and O–H groups in total. The van der Waals surface area contributed by atoms with Crippen LogP contribution >= 0.6 is 0 Å². The molecule has 2 fully saturated rings. The van der Waals surface area contributed by atoms with Crippen molar-refractivity contribution in [3.05, 3.63) is 65.4 Å². The lowest BCUT2D eigenvalue weighted by Crippen LogP contribution is -2.45. The van der Waals surface area contributed by atoms with Crippen LogP contribution in [-0.4, -0.2) is 74.1 Å². The number of anilines is 1. The molecule has 0 saturated carbocycles. The number of hydrogen-bond donors (Lipinski definition) is 1. The van der Waals surface area contributed by atoms with E-state index in [0.29, 0.717) is 0 Å². The van der Waals surface area contributed by atoms with Crippen LogP contribution in [0.5, 0.6) is 0 Å². The number of hydrogen-bond acceptors (Lipinski definition) is 4. The molecule has 0 radical (unpaired) electrons. The Bertz CT molecular complexity index is 872. The molecule has 0 spiro atoms. The van der Waals surface area contributed by atoms with Crippen LogP contribution in [0.15, 0.2) is 59.2 Å². The van der Waals surface area contributed by atoms with Gasteiger partial charge in [0.15, 0.2) is 5.96 Å². The summed E-state index contributed by atoms with van der Waals surface area (Å²) in [6.45, 7) is 7.02. The number of pyridine rings is 1. The molecule has 1 aromatic heterocycles. The highest BCUT2D eigenvalue weighted by molar-refractivity contribution is 5.80. The molecule has 0 bridgehead atoms. The average molecular weight is 419 g/mol. The third-order valence-electron chi connectivity index (χ3n) is 6.17. The summed E-state index contributed by atoms with van der Waals surface area (Å²) in [5.41, 5.74) is 3.99. The first-order valence-electron chi connectivity index (χ1n) is 11.3. The zero-order chi connectivity index (χ0) is 21.5. The number of aromatic nitrogens is 1. The molecular weight excluding hydrogens is 384 g/mol. The third kappa shape index (κ3) is 5.85. The smallest absolute Gasteiger partial charge is 0.193 e. The number of nitrogens with zero attached hydrogens (tertiary/aromatic N) is 5. The Morgan fingerprint density at radius 1 is 1.00 bits per heavy atom. The van der Waals surface area contributed by atoms with Crippen molar-refractivity contribution < 1.29 is 0 Å². The van der Waals surface area contributed by atoms with E-state index in [-0.39, 0.29) is 0 Å². The van der Waals surface area contributed by atoms with E-state index in [1.807, 2.05) is 13.2 Å². The van der Waals surface area contributed by atoms with E-state index in [9.17, 15) is 0 Å². The minimum Gasteiger partial charge on any atom is -0.354 e. The second-order valence-electron chi connectivity index (χ2n) is 8.42. The third-order valence-corrected chi connectivity index (χ3v) is 6.17. The molecule has 2 aromatic rings. The molecule has 6 nitrogen and oxygen atoms in total. The summed E-state index contributed by atoms with van der Waals surface area (Å²) in [5, 5.41) is 3.52.